The van der Waals surface area contributed by atoms with Crippen LogP contribution in [0, 0.1) is 0 Å². The van der Waals surface area contributed by atoms with E-state index in [0.717, 1.165) is 28.2 Å². The number of nitrogens with one attached hydrogen (secondary N) is 1. The summed E-state index contributed by atoms with van der Waals surface area (Å²) in [4.78, 5) is 13.8. The molecule has 0 saturated heterocycles. The monoisotopic (exact) mass is 289 g/mol. The zero-order valence-corrected chi connectivity index (χ0v) is 11.7. The van der Waals surface area contributed by atoms with E-state index in [9.17, 15) is 4.79 Å². The predicted molar refractivity (Wildman–Crippen MR) is 78.4 cm³/mol. The number of rotatable bonds is 3. The number of amides is 1. The molecule has 1 aromatic carbocycles. The first kappa shape index (κ1) is 13.1. The number of para-hydroxylation sites is 1. The van der Waals surface area contributed by atoms with Gasteiger partial charge in [-0.25, -0.2) is 0 Å². The summed E-state index contributed by atoms with van der Waals surface area (Å²) >= 11 is 1.48. The molecule has 0 unspecified atom stereocenters. The van der Waals surface area contributed by atoms with Gasteiger partial charge in [0.2, 0.25) is 0 Å². The number of aliphatic hydroxyl groups excluding tert-OH is 1. The van der Waals surface area contributed by atoms with Gasteiger partial charge in [-0.3, -0.25) is 4.79 Å². The standard InChI is InChI=1S/C15H15NO3S/c17-7-6-16-15(18)13-9-10-5-8-19-12-4-2-1-3-11(12)14(10)20-13/h1-4,9,17H,5-8H2,(H,16,18). The van der Waals surface area contributed by atoms with E-state index in [-0.39, 0.29) is 19.1 Å². The van der Waals surface area contributed by atoms with Crippen LogP contribution in [0.1, 0.15) is 15.2 Å². The van der Waals surface area contributed by atoms with Gasteiger partial charge < -0.3 is 15.2 Å². The third-order valence-electron chi connectivity index (χ3n) is 3.19. The Morgan fingerprint density at radius 2 is 2.25 bits per heavy atom. The summed E-state index contributed by atoms with van der Waals surface area (Å²) in [5, 5.41) is 11.5. The van der Waals surface area contributed by atoms with Crippen LogP contribution in [0.25, 0.3) is 10.4 Å². The van der Waals surface area contributed by atoms with Gasteiger partial charge in [-0.15, -0.1) is 11.3 Å². The van der Waals surface area contributed by atoms with Gasteiger partial charge in [-0.2, -0.15) is 0 Å². The molecule has 1 aliphatic heterocycles. The quantitative estimate of drug-likeness (QED) is 0.909. The van der Waals surface area contributed by atoms with Crippen molar-refractivity contribution < 1.29 is 14.6 Å². The summed E-state index contributed by atoms with van der Waals surface area (Å²) in [5.41, 5.74) is 2.19. The highest BCUT2D eigenvalue weighted by Crippen LogP contribution is 2.40. The van der Waals surface area contributed by atoms with Crippen molar-refractivity contribution in [2.45, 2.75) is 6.42 Å². The minimum Gasteiger partial charge on any atom is -0.493 e. The molecule has 20 heavy (non-hydrogen) atoms. The number of ether oxygens (including phenoxy) is 1. The number of aliphatic hydroxyl groups is 1. The zero-order valence-electron chi connectivity index (χ0n) is 10.9. The Balaban J connectivity index is 1.97. The summed E-state index contributed by atoms with van der Waals surface area (Å²) in [6.45, 7) is 0.854. The smallest absolute Gasteiger partial charge is 0.261 e. The summed E-state index contributed by atoms with van der Waals surface area (Å²) < 4.78 is 5.73. The normalized spacial score (nSPS) is 12.8. The Morgan fingerprint density at radius 1 is 1.40 bits per heavy atom. The van der Waals surface area contributed by atoms with Gasteiger partial charge in [0.05, 0.1) is 18.1 Å². The fourth-order valence-electron chi connectivity index (χ4n) is 2.26. The first-order chi connectivity index (χ1) is 9.79. The average molecular weight is 289 g/mol. The van der Waals surface area contributed by atoms with Gasteiger partial charge in [0.25, 0.3) is 5.91 Å². The van der Waals surface area contributed by atoms with Crippen LogP contribution < -0.4 is 10.1 Å². The molecule has 0 bridgehead atoms. The second-order valence-corrected chi connectivity index (χ2v) is 5.59. The number of carbonyl (C=O) groups excluding carboxylic acids is 1. The van der Waals surface area contributed by atoms with E-state index in [0.29, 0.717) is 11.5 Å². The molecule has 1 aromatic heterocycles. The van der Waals surface area contributed by atoms with Crippen LogP contribution in [-0.2, 0) is 6.42 Å². The maximum atomic E-state index is 12.0. The number of carbonyl (C=O) groups is 1. The van der Waals surface area contributed by atoms with Gasteiger partial charge in [0.1, 0.15) is 5.75 Å². The average Bonchev–Trinajstić information content (AvgIpc) is 2.82. The number of hydrogen-bond acceptors (Lipinski definition) is 4. The van der Waals surface area contributed by atoms with Crippen LogP contribution in [0.2, 0.25) is 0 Å². The minimum atomic E-state index is -0.129. The molecule has 5 heteroatoms. The molecule has 1 amide bonds. The van der Waals surface area contributed by atoms with Crippen molar-refractivity contribution in [3.05, 3.63) is 40.8 Å². The van der Waals surface area contributed by atoms with E-state index in [4.69, 9.17) is 9.84 Å². The molecular formula is C15H15NO3S. The van der Waals surface area contributed by atoms with Gasteiger partial charge in [-0.1, -0.05) is 12.1 Å². The summed E-state index contributed by atoms with van der Waals surface area (Å²) in [6.07, 6.45) is 0.799. The highest BCUT2D eigenvalue weighted by Gasteiger charge is 2.20. The second kappa shape index (κ2) is 5.64. The number of hydrogen-bond donors (Lipinski definition) is 2. The molecule has 0 radical (unpaired) electrons. The molecule has 0 spiro atoms. The Hall–Kier alpha value is -1.85. The maximum absolute atomic E-state index is 12.0. The van der Waals surface area contributed by atoms with Crippen molar-refractivity contribution in [1.82, 2.24) is 5.32 Å². The highest BCUT2D eigenvalue weighted by molar-refractivity contribution is 7.17. The molecular weight excluding hydrogens is 274 g/mol. The van der Waals surface area contributed by atoms with Gasteiger partial charge in [0, 0.05) is 23.4 Å². The number of fused-ring (bicyclic) bond motifs is 3. The highest BCUT2D eigenvalue weighted by atomic mass is 32.1. The molecule has 0 atom stereocenters. The SMILES string of the molecule is O=C(NCCO)c1cc2c(s1)-c1ccccc1OCC2. The van der Waals surface area contributed by atoms with E-state index >= 15 is 0 Å². The van der Waals surface area contributed by atoms with E-state index < -0.39 is 0 Å². The lowest BCUT2D eigenvalue weighted by molar-refractivity contribution is 0.0948. The molecule has 2 aromatic rings. The Kier molecular flexibility index (Phi) is 3.71. The largest absolute Gasteiger partial charge is 0.493 e. The van der Waals surface area contributed by atoms with Crippen molar-refractivity contribution in [3.63, 3.8) is 0 Å². The molecule has 0 fully saturated rings. The summed E-state index contributed by atoms with van der Waals surface area (Å²) in [5.74, 6) is 0.742. The van der Waals surface area contributed by atoms with Crippen LogP contribution in [-0.4, -0.2) is 30.8 Å². The minimum absolute atomic E-state index is 0.0481. The predicted octanol–water partition coefficient (Wildman–Crippen LogP) is 2.07. The first-order valence-electron chi connectivity index (χ1n) is 6.53. The van der Waals surface area contributed by atoms with Crippen LogP contribution in [0.4, 0.5) is 0 Å². The van der Waals surface area contributed by atoms with Crippen molar-refractivity contribution in [2.75, 3.05) is 19.8 Å². The lowest BCUT2D eigenvalue weighted by atomic mass is 10.1. The topological polar surface area (TPSA) is 58.6 Å². The second-order valence-electron chi connectivity index (χ2n) is 4.54. The molecule has 2 N–H and O–H groups in total. The van der Waals surface area contributed by atoms with Crippen LogP contribution in [0.15, 0.2) is 30.3 Å². The fraction of sp³-hybridized carbons (Fsp3) is 0.267. The molecule has 0 aliphatic carbocycles. The number of benzene rings is 1. The lowest BCUT2D eigenvalue weighted by Gasteiger charge is -2.05. The van der Waals surface area contributed by atoms with E-state index in [2.05, 4.69) is 5.32 Å². The van der Waals surface area contributed by atoms with E-state index in [1.54, 1.807) is 0 Å². The Bertz CT molecular complexity index is 636. The van der Waals surface area contributed by atoms with Crippen molar-refractivity contribution in [1.29, 1.82) is 0 Å². The van der Waals surface area contributed by atoms with E-state index in [1.807, 2.05) is 30.3 Å². The zero-order chi connectivity index (χ0) is 13.9. The molecule has 4 nitrogen and oxygen atoms in total. The van der Waals surface area contributed by atoms with Crippen molar-refractivity contribution in [3.8, 4) is 16.2 Å². The lowest BCUT2D eigenvalue weighted by Crippen LogP contribution is -2.25. The van der Waals surface area contributed by atoms with Gasteiger partial charge in [0.15, 0.2) is 0 Å². The van der Waals surface area contributed by atoms with Crippen LogP contribution >= 0.6 is 11.3 Å². The Morgan fingerprint density at radius 3 is 3.10 bits per heavy atom. The molecule has 0 saturated carbocycles. The van der Waals surface area contributed by atoms with Gasteiger partial charge >= 0.3 is 0 Å². The van der Waals surface area contributed by atoms with Crippen molar-refractivity contribution in [2.24, 2.45) is 0 Å². The van der Waals surface area contributed by atoms with Crippen LogP contribution in [0.3, 0.4) is 0 Å². The number of thiophene rings is 1. The Labute approximate surface area is 121 Å². The van der Waals surface area contributed by atoms with Gasteiger partial charge in [-0.05, 0) is 23.8 Å². The third kappa shape index (κ3) is 2.42. The molecule has 1 aliphatic rings. The maximum Gasteiger partial charge on any atom is 0.261 e. The van der Waals surface area contributed by atoms with E-state index in [1.165, 1.54) is 11.3 Å². The van der Waals surface area contributed by atoms with Crippen LogP contribution in [0.5, 0.6) is 5.75 Å². The third-order valence-corrected chi connectivity index (χ3v) is 4.40. The summed E-state index contributed by atoms with van der Waals surface area (Å²) in [7, 11) is 0. The summed E-state index contributed by atoms with van der Waals surface area (Å²) in [6, 6.07) is 9.83. The van der Waals surface area contributed by atoms with Crippen molar-refractivity contribution >= 4 is 17.2 Å². The molecule has 2 heterocycles. The fourth-order valence-corrected chi connectivity index (χ4v) is 3.42. The molecule has 104 valence electrons. The first-order valence-corrected chi connectivity index (χ1v) is 7.35. The molecule has 3 rings (SSSR count).